The SMILES string of the molecule is CCC(=O)c1ccc(OCC(=O)N2C[C@@H](C)SC2=Nc2ccc(Cl)cc2)cc1. The molecule has 1 fully saturated rings. The number of thioether (sulfide) groups is 1. The van der Waals surface area contributed by atoms with E-state index in [4.69, 9.17) is 16.3 Å². The molecule has 1 aliphatic rings. The zero-order valence-corrected chi connectivity index (χ0v) is 17.3. The Morgan fingerprint density at radius 2 is 1.86 bits per heavy atom. The lowest BCUT2D eigenvalue weighted by atomic mass is 10.1. The lowest BCUT2D eigenvalue weighted by Gasteiger charge is -2.16. The highest BCUT2D eigenvalue weighted by Crippen LogP contribution is 2.29. The highest BCUT2D eigenvalue weighted by Gasteiger charge is 2.31. The van der Waals surface area contributed by atoms with Gasteiger partial charge in [-0.2, -0.15) is 0 Å². The Bertz CT molecular complexity index is 882. The number of hydrogen-bond acceptors (Lipinski definition) is 5. The maximum Gasteiger partial charge on any atom is 0.266 e. The van der Waals surface area contributed by atoms with Crippen LogP contribution in [-0.4, -0.2) is 40.2 Å². The second-order valence-electron chi connectivity index (χ2n) is 6.39. The van der Waals surface area contributed by atoms with E-state index in [1.54, 1.807) is 53.1 Å². The van der Waals surface area contributed by atoms with E-state index in [1.165, 1.54) is 0 Å². The van der Waals surface area contributed by atoms with Crippen LogP contribution in [0.1, 0.15) is 30.6 Å². The van der Waals surface area contributed by atoms with Crippen LogP contribution in [0.4, 0.5) is 5.69 Å². The number of carbonyl (C=O) groups excluding carboxylic acids is 2. The molecule has 1 amide bonds. The summed E-state index contributed by atoms with van der Waals surface area (Å²) in [4.78, 5) is 30.6. The fourth-order valence-electron chi connectivity index (χ4n) is 2.70. The van der Waals surface area contributed by atoms with Crippen LogP contribution in [0, 0.1) is 0 Å². The van der Waals surface area contributed by atoms with Gasteiger partial charge in [0, 0.05) is 28.8 Å². The molecule has 1 heterocycles. The molecule has 5 nitrogen and oxygen atoms in total. The van der Waals surface area contributed by atoms with Crippen molar-refractivity contribution in [3.05, 3.63) is 59.1 Å². The highest BCUT2D eigenvalue weighted by atomic mass is 35.5. The first-order valence-electron chi connectivity index (χ1n) is 9.03. The summed E-state index contributed by atoms with van der Waals surface area (Å²) in [5.41, 5.74) is 1.39. The lowest BCUT2D eigenvalue weighted by molar-refractivity contribution is -0.129. The maximum absolute atomic E-state index is 12.7. The van der Waals surface area contributed by atoms with Gasteiger partial charge in [0.1, 0.15) is 5.75 Å². The van der Waals surface area contributed by atoms with Gasteiger partial charge in [0.2, 0.25) is 0 Å². The van der Waals surface area contributed by atoms with Gasteiger partial charge in [-0.1, -0.05) is 37.2 Å². The third kappa shape index (κ3) is 5.14. The van der Waals surface area contributed by atoms with E-state index in [-0.39, 0.29) is 23.5 Å². The summed E-state index contributed by atoms with van der Waals surface area (Å²) in [5.74, 6) is 0.476. The Kier molecular flexibility index (Phi) is 6.75. The molecule has 0 unspecified atom stereocenters. The third-order valence-electron chi connectivity index (χ3n) is 4.19. The number of nitrogens with zero attached hydrogens (tertiary/aromatic N) is 2. The molecule has 2 aromatic carbocycles. The molecule has 0 saturated carbocycles. The number of halogens is 1. The average molecular weight is 417 g/mol. The Hall–Kier alpha value is -2.31. The number of rotatable bonds is 6. The molecule has 0 bridgehead atoms. The summed E-state index contributed by atoms with van der Waals surface area (Å²) in [5, 5.41) is 1.56. The largest absolute Gasteiger partial charge is 0.484 e. The number of ketones is 1. The first-order chi connectivity index (χ1) is 13.5. The maximum atomic E-state index is 12.7. The first kappa shape index (κ1) is 20.4. The lowest BCUT2D eigenvalue weighted by Crippen LogP contribution is -2.36. The van der Waals surface area contributed by atoms with Gasteiger partial charge in [0.25, 0.3) is 5.91 Å². The summed E-state index contributed by atoms with van der Waals surface area (Å²) < 4.78 is 5.61. The number of hydrogen-bond donors (Lipinski definition) is 0. The minimum Gasteiger partial charge on any atom is -0.484 e. The molecule has 1 aliphatic heterocycles. The van der Waals surface area contributed by atoms with Gasteiger partial charge in [0.05, 0.1) is 5.69 Å². The number of aliphatic imine (C=N–C) groups is 1. The second-order valence-corrected chi connectivity index (χ2v) is 8.24. The number of amides is 1. The van der Waals surface area contributed by atoms with E-state index in [0.717, 1.165) is 5.69 Å². The number of carbonyl (C=O) groups is 2. The number of amidine groups is 1. The Labute approximate surface area is 173 Å². The molecule has 146 valence electrons. The summed E-state index contributed by atoms with van der Waals surface area (Å²) in [6, 6.07) is 14.0. The van der Waals surface area contributed by atoms with Gasteiger partial charge in [-0.05, 0) is 48.5 Å². The van der Waals surface area contributed by atoms with Crippen LogP contribution in [0.2, 0.25) is 5.02 Å². The van der Waals surface area contributed by atoms with E-state index < -0.39 is 0 Å². The van der Waals surface area contributed by atoms with Crippen LogP contribution in [0.25, 0.3) is 0 Å². The van der Waals surface area contributed by atoms with Crippen LogP contribution in [0.3, 0.4) is 0 Å². The van der Waals surface area contributed by atoms with Crippen molar-refractivity contribution in [2.75, 3.05) is 13.2 Å². The fourth-order valence-corrected chi connectivity index (χ4v) is 3.87. The van der Waals surface area contributed by atoms with Crippen LogP contribution in [0.5, 0.6) is 5.75 Å². The molecule has 2 aromatic rings. The van der Waals surface area contributed by atoms with Crippen molar-refractivity contribution in [2.45, 2.75) is 25.5 Å². The van der Waals surface area contributed by atoms with Gasteiger partial charge >= 0.3 is 0 Å². The van der Waals surface area contributed by atoms with Crippen molar-refractivity contribution in [3.63, 3.8) is 0 Å². The van der Waals surface area contributed by atoms with Crippen LogP contribution >= 0.6 is 23.4 Å². The first-order valence-corrected chi connectivity index (χ1v) is 10.3. The number of benzene rings is 2. The van der Waals surface area contributed by atoms with Gasteiger partial charge in [-0.25, -0.2) is 4.99 Å². The topological polar surface area (TPSA) is 59.0 Å². The van der Waals surface area contributed by atoms with Crippen molar-refractivity contribution in [3.8, 4) is 5.75 Å². The van der Waals surface area contributed by atoms with E-state index in [0.29, 0.717) is 34.5 Å². The molecule has 0 aliphatic carbocycles. The molecule has 0 aromatic heterocycles. The number of Topliss-reactive ketones (excluding diaryl/α,β-unsaturated/α-hetero) is 1. The van der Waals surface area contributed by atoms with E-state index in [2.05, 4.69) is 11.9 Å². The molecule has 0 N–H and O–H groups in total. The van der Waals surface area contributed by atoms with Crippen LogP contribution < -0.4 is 4.74 Å². The zero-order valence-electron chi connectivity index (χ0n) is 15.7. The molecule has 0 radical (unpaired) electrons. The molecular weight excluding hydrogens is 396 g/mol. The van der Waals surface area contributed by atoms with E-state index >= 15 is 0 Å². The van der Waals surface area contributed by atoms with Crippen molar-refractivity contribution >= 4 is 45.9 Å². The van der Waals surface area contributed by atoms with Gasteiger partial charge in [-0.15, -0.1) is 0 Å². The third-order valence-corrected chi connectivity index (χ3v) is 5.52. The van der Waals surface area contributed by atoms with Crippen molar-refractivity contribution in [1.82, 2.24) is 4.90 Å². The van der Waals surface area contributed by atoms with Crippen LogP contribution in [-0.2, 0) is 4.79 Å². The summed E-state index contributed by atoms with van der Waals surface area (Å²) in [7, 11) is 0. The highest BCUT2D eigenvalue weighted by molar-refractivity contribution is 8.14. The fraction of sp³-hybridized carbons (Fsp3) is 0.286. The van der Waals surface area contributed by atoms with Crippen molar-refractivity contribution < 1.29 is 14.3 Å². The van der Waals surface area contributed by atoms with Gasteiger partial charge < -0.3 is 4.74 Å². The Morgan fingerprint density at radius 1 is 1.18 bits per heavy atom. The Morgan fingerprint density at radius 3 is 2.50 bits per heavy atom. The standard InChI is InChI=1S/C21H21ClN2O3S/c1-3-19(25)15-4-10-18(11-5-15)27-13-20(26)24-12-14(2)28-21(24)23-17-8-6-16(22)7-9-17/h4-11,14H,3,12-13H2,1-2H3/t14-/m1/s1. The van der Waals surface area contributed by atoms with Gasteiger partial charge in [0.15, 0.2) is 17.6 Å². The predicted molar refractivity (Wildman–Crippen MR) is 114 cm³/mol. The Balaban J connectivity index is 1.65. The molecule has 0 spiro atoms. The van der Waals surface area contributed by atoms with Crippen molar-refractivity contribution in [1.29, 1.82) is 0 Å². The summed E-state index contributed by atoms with van der Waals surface area (Å²) >= 11 is 7.47. The smallest absolute Gasteiger partial charge is 0.266 e. The zero-order chi connectivity index (χ0) is 20.1. The number of ether oxygens (including phenoxy) is 1. The molecule has 28 heavy (non-hydrogen) atoms. The molecule has 1 saturated heterocycles. The second kappa shape index (κ2) is 9.26. The monoisotopic (exact) mass is 416 g/mol. The molecule has 3 rings (SSSR count). The average Bonchev–Trinajstić information content (AvgIpc) is 3.08. The van der Waals surface area contributed by atoms with E-state index in [1.807, 2.05) is 19.1 Å². The molecular formula is C21H21ClN2O3S. The normalized spacial score (nSPS) is 17.8. The molecule has 1 atom stereocenters. The predicted octanol–water partition coefficient (Wildman–Crippen LogP) is 4.96. The molecule has 7 heteroatoms. The summed E-state index contributed by atoms with van der Waals surface area (Å²) in [6.07, 6.45) is 0.458. The van der Waals surface area contributed by atoms with Gasteiger partial charge in [-0.3, -0.25) is 14.5 Å². The quantitative estimate of drug-likeness (QED) is 0.624. The minimum atomic E-state index is -0.154. The van der Waals surface area contributed by atoms with E-state index in [9.17, 15) is 9.59 Å². The van der Waals surface area contributed by atoms with Crippen molar-refractivity contribution in [2.24, 2.45) is 4.99 Å². The minimum absolute atomic E-state index is 0.0776. The summed E-state index contributed by atoms with van der Waals surface area (Å²) in [6.45, 7) is 4.38. The van der Waals surface area contributed by atoms with Crippen LogP contribution in [0.15, 0.2) is 53.5 Å².